The third-order valence-electron chi connectivity index (χ3n) is 2.96. The lowest BCUT2D eigenvalue weighted by molar-refractivity contribution is -0.125. The number of carbonyl (C=O) groups excluding carboxylic acids is 3. The van der Waals surface area contributed by atoms with Crippen molar-refractivity contribution in [2.75, 3.05) is 6.54 Å². The number of hydrogen-bond donors (Lipinski definition) is 2. The Labute approximate surface area is 134 Å². The van der Waals surface area contributed by atoms with E-state index in [0.717, 1.165) is 11.6 Å². The summed E-state index contributed by atoms with van der Waals surface area (Å²) >= 11 is 0. The summed E-state index contributed by atoms with van der Waals surface area (Å²) in [5.41, 5.74) is 0.742. The van der Waals surface area contributed by atoms with Gasteiger partial charge >= 0.3 is 6.03 Å². The summed E-state index contributed by atoms with van der Waals surface area (Å²) < 4.78 is 0. The van der Waals surface area contributed by atoms with E-state index < -0.39 is 30.9 Å². The van der Waals surface area contributed by atoms with Gasteiger partial charge in [-0.15, -0.1) is 0 Å². The molecule has 1 radical (unpaired) electrons. The first-order chi connectivity index (χ1) is 10.9. The van der Waals surface area contributed by atoms with Crippen molar-refractivity contribution in [3.05, 3.63) is 42.0 Å². The van der Waals surface area contributed by atoms with E-state index in [9.17, 15) is 24.6 Å². The zero-order valence-electron chi connectivity index (χ0n) is 12.9. The number of hydrogen-bond acceptors (Lipinski definition) is 5. The third-order valence-corrected chi connectivity index (χ3v) is 2.96. The largest absolute Gasteiger partial charge is 0.374 e. The highest BCUT2D eigenvalue weighted by Gasteiger charge is 2.30. The summed E-state index contributed by atoms with van der Waals surface area (Å²) in [5.74, 6) is -0.756. The van der Waals surface area contributed by atoms with Crippen molar-refractivity contribution in [1.82, 2.24) is 9.80 Å². The van der Waals surface area contributed by atoms with Crippen molar-refractivity contribution in [1.29, 1.82) is 0 Å². The van der Waals surface area contributed by atoms with E-state index >= 15 is 0 Å². The van der Waals surface area contributed by atoms with Crippen LogP contribution in [-0.4, -0.2) is 57.2 Å². The Bertz CT molecular complexity index is 561. The van der Waals surface area contributed by atoms with Crippen LogP contribution in [0.25, 0.3) is 6.08 Å². The molecule has 1 aromatic carbocycles. The topological polar surface area (TPSA) is 98.2 Å². The number of aliphatic hydroxyl groups excluding tert-OH is 2. The van der Waals surface area contributed by atoms with Crippen molar-refractivity contribution < 1.29 is 24.6 Å². The number of nitrogens with zero attached hydrogens (tertiary/aromatic N) is 2. The first-order valence-electron chi connectivity index (χ1n) is 6.96. The lowest BCUT2D eigenvalue weighted by Gasteiger charge is -2.31. The van der Waals surface area contributed by atoms with Crippen LogP contribution in [0.15, 0.2) is 36.4 Å². The molecule has 0 heterocycles. The highest BCUT2D eigenvalue weighted by atomic mass is 16.3. The van der Waals surface area contributed by atoms with E-state index in [2.05, 4.69) is 0 Å². The average molecular weight is 319 g/mol. The van der Waals surface area contributed by atoms with Crippen molar-refractivity contribution in [2.24, 2.45) is 0 Å². The monoisotopic (exact) mass is 319 g/mol. The Hall–Kier alpha value is -2.51. The maximum absolute atomic E-state index is 12.3. The van der Waals surface area contributed by atoms with E-state index in [-0.39, 0.29) is 0 Å². The smallest absolute Gasteiger partial charge is 0.331 e. The van der Waals surface area contributed by atoms with Crippen molar-refractivity contribution in [2.45, 2.75) is 26.3 Å². The number of rotatable bonds is 6. The van der Waals surface area contributed by atoms with E-state index in [1.54, 1.807) is 24.3 Å². The summed E-state index contributed by atoms with van der Waals surface area (Å²) in [6.07, 6.45) is 1.43. The number of benzene rings is 1. The summed E-state index contributed by atoms with van der Waals surface area (Å²) in [7, 11) is 0. The van der Waals surface area contributed by atoms with E-state index in [1.807, 2.05) is 6.07 Å². The molecule has 7 nitrogen and oxygen atoms in total. The fourth-order valence-electron chi connectivity index (χ4n) is 1.90. The minimum atomic E-state index is -1.33. The number of amides is 3. The molecule has 2 unspecified atom stereocenters. The van der Waals surface area contributed by atoms with Gasteiger partial charge in [0.05, 0.1) is 6.54 Å². The van der Waals surface area contributed by atoms with Crippen LogP contribution < -0.4 is 0 Å². The standard InChI is InChI=1S/C16H19N2O5/c1-12(20)18(13(2)21)16(23)17(10-11-19)15(22)9-8-14-6-4-3-5-7-14/h3-9,12-13,20-21H,10H2,1-2H3/b9-8+. The number of imide groups is 1. The van der Waals surface area contributed by atoms with E-state index in [0.29, 0.717) is 9.80 Å². The van der Waals surface area contributed by atoms with Gasteiger partial charge in [0, 0.05) is 6.08 Å². The predicted molar refractivity (Wildman–Crippen MR) is 83.5 cm³/mol. The SMILES string of the molecule is CC(O)N(C(=O)N(C[C]=O)C(=O)/C=C/c1ccccc1)C(C)O. The Balaban J connectivity index is 2.96. The van der Waals surface area contributed by atoms with Crippen molar-refractivity contribution >= 4 is 24.3 Å². The Morgan fingerprint density at radius 2 is 1.74 bits per heavy atom. The van der Waals surface area contributed by atoms with Crippen LogP contribution in [0.2, 0.25) is 0 Å². The average Bonchev–Trinajstić information content (AvgIpc) is 2.50. The van der Waals surface area contributed by atoms with Crippen molar-refractivity contribution in [3.63, 3.8) is 0 Å². The summed E-state index contributed by atoms with van der Waals surface area (Å²) in [4.78, 5) is 36.3. The molecule has 0 aliphatic carbocycles. The summed E-state index contributed by atoms with van der Waals surface area (Å²) in [6, 6.07) is 7.93. The molecular formula is C16H19N2O5. The quantitative estimate of drug-likeness (QED) is 0.595. The van der Waals surface area contributed by atoms with Crippen LogP contribution in [-0.2, 0) is 9.59 Å². The van der Waals surface area contributed by atoms with Gasteiger partial charge in [0.2, 0.25) is 6.29 Å². The molecule has 2 atom stereocenters. The summed E-state index contributed by atoms with van der Waals surface area (Å²) in [5, 5.41) is 19.1. The third kappa shape index (κ3) is 5.32. The molecule has 7 heteroatoms. The first-order valence-corrected chi connectivity index (χ1v) is 6.96. The highest BCUT2D eigenvalue weighted by Crippen LogP contribution is 2.09. The molecule has 0 aliphatic rings. The van der Waals surface area contributed by atoms with Gasteiger partial charge in [-0.3, -0.25) is 19.4 Å². The zero-order valence-corrected chi connectivity index (χ0v) is 12.9. The van der Waals surface area contributed by atoms with Gasteiger partial charge in [-0.1, -0.05) is 30.3 Å². The molecule has 123 valence electrons. The van der Waals surface area contributed by atoms with Gasteiger partial charge < -0.3 is 10.2 Å². The van der Waals surface area contributed by atoms with Crippen LogP contribution >= 0.6 is 0 Å². The summed E-state index contributed by atoms with van der Waals surface area (Å²) in [6.45, 7) is 1.92. The van der Waals surface area contributed by atoms with Gasteiger partial charge in [-0.25, -0.2) is 4.79 Å². The number of carbonyl (C=O) groups is 2. The lowest BCUT2D eigenvalue weighted by Crippen LogP contribution is -2.53. The minimum absolute atomic E-state index is 0.589. The first kappa shape index (κ1) is 18.5. The molecule has 1 aromatic rings. The molecule has 0 fully saturated rings. The molecule has 0 saturated heterocycles. The van der Waals surface area contributed by atoms with Crippen LogP contribution in [0.4, 0.5) is 4.79 Å². The van der Waals surface area contributed by atoms with Gasteiger partial charge in [0.1, 0.15) is 12.5 Å². The zero-order chi connectivity index (χ0) is 17.4. The normalized spacial score (nSPS) is 13.4. The van der Waals surface area contributed by atoms with E-state index in [1.165, 1.54) is 26.2 Å². The van der Waals surface area contributed by atoms with E-state index in [4.69, 9.17) is 0 Å². The molecular weight excluding hydrogens is 300 g/mol. The molecule has 3 amide bonds. The fraction of sp³-hybridized carbons (Fsp3) is 0.312. The van der Waals surface area contributed by atoms with Crippen LogP contribution in [0.3, 0.4) is 0 Å². The second-order valence-corrected chi connectivity index (χ2v) is 4.77. The number of aliphatic hydroxyl groups is 2. The molecule has 23 heavy (non-hydrogen) atoms. The van der Waals surface area contributed by atoms with Gasteiger partial charge in [-0.2, -0.15) is 0 Å². The van der Waals surface area contributed by atoms with Crippen LogP contribution in [0, 0.1) is 0 Å². The molecule has 2 N–H and O–H groups in total. The van der Waals surface area contributed by atoms with Crippen LogP contribution in [0.5, 0.6) is 0 Å². The Morgan fingerprint density at radius 1 is 1.17 bits per heavy atom. The predicted octanol–water partition coefficient (Wildman–Crippen LogP) is 0.737. The maximum atomic E-state index is 12.3. The van der Waals surface area contributed by atoms with Gasteiger partial charge in [0.25, 0.3) is 5.91 Å². The van der Waals surface area contributed by atoms with Crippen molar-refractivity contribution in [3.8, 4) is 0 Å². The highest BCUT2D eigenvalue weighted by molar-refractivity contribution is 6.03. The molecule has 0 bridgehead atoms. The number of urea groups is 1. The molecule has 0 aromatic heterocycles. The molecule has 1 rings (SSSR count). The fourth-order valence-corrected chi connectivity index (χ4v) is 1.90. The minimum Gasteiger partial charge on any atom is -0.374 e. The Morgan fingerprint density at radius 3 is 2.22 bits per heavy atom. The molecule has 0 aliphatic heterocycles. The molecule has 0 spiro atoms. The maximum Gasteiger partial charge on any atom is 0.331 e. The Kier molecular flexibility index (Phi) is 7.11. The second kappa shape index (κ2) is 8.82. The second-order valence-electron chi connectivity index (χ2n) is 4.77. The molecule has 0 saturated carbocycles. The van der Waals surface area contributed by atoms with Gasteiger partial charge in [-0.05, 0) is 25.5 Å². The lowest BCUT2D eigenvalue weighted by atomic mass is 10.2. The van der Waals surface area contributed by atoms with Crippen LogP contribution in [0.1, 0.15) is 19.4 Å². The van der Waals surface area contributed by atoms with Gasteiger partial charge in [0.15, 0.2) is 0 Å².